The second-order valence-corrected chi connectivity index (χ2v) is 3.84. The normalized spacial score (nSPS) is 10.2. The van der Waals surface area contributed by atoms with Gasteiger partial charge in [0, 0.05) is 18.0 Å². The summed E-state index contributed by atoms with van der Waals surface area (Å²) in [5, 5.41) is 0. The molecule has 17 heavy (non-hydrogen) atoms. The van der Waals surface area contributed by atoms with Crippen LogP contribution in [0.25, 0.3) is 0 Å². The summed E-state index contributed by atoms with van der Waals surface area (Å²) in [6.07, 6.45) is 4.44. The van der Waals surface area contributed by atoms with E-state index in [4.69, 9.17) is 10.5 Å². The van der Waals surface area contributed by atoms with Crippen molar-refractivity contribution in [2.75, 3.05) is 6.54 Å². The Balaban J connectivity index is 1.97. The molecule has 0 saturated carbocycles. The molecule has 0 amide bonds. The van der Waals surface area contributed by atoms with E-state index in [1.165, 1.54) is 5.56 Å². The molecule has 1 heterocycles. The number of nitrogens with zero attached hydrogens (tertiary/aromatic N) is 1. The van der Waals surface area contributed by atoms with Gasteiger partial charge >= 0.3 is 0 Å². The largest absolute Gasteiger partial charge is 0.489 e. The van der Waals surface area contributed by atoms with Gasteiger partial charge in [0.15, 0.2) is 0 Å². The van der Waals surface area contributed by atoms with Gasteiger partial charge < -0.3 is 10.5 Å². The molecule has 0 fully saturated rings. The quantitative estimate of drug-likeness (QED) is 0.853. The molecular weight excluding hydrogens is 212 g/mol. The minimum atomic E-state index is 0.542. The van der Waals surface area contributed by atoms with Crippen molar-refractivity contribution in [2.45, 2.75) is 13.0 Å². The fourth-order valence-corrected chi connectivity index (χ4v) is 1.61. The van der Waals surface area contributed by atoms with Crippen LogP contribution in [0.1, 0.15) is 11.1 Å². The molecule has 3 nitrogen and oxygen atoms in total. The maximum absolute atomic E-state index is 5.70. The highest BCUT2D eigenvalue weighted by molar-refractivity contribution is 5.29. The van der Waals surface area contributed by atoms with Gasteiger partial charge in [-0.3, -0.25) is 4.98 Å². The van der Waals surface area contributed by atoms with Crippen molar-refractivity contribution < 1.29 is 4.74 Å². The van der Waals surface area contributed by atoms with Crippen molar-refractivity contribution in [2.24, 2.45) is 5.73 Å². The Hall–Kier alpha value is -1.87. The van der Waals surface area contributed by atoms with Gasteiger partial charge in [0.25, 0.3) is 0 Å². The van der Waals surface area contributed by atoms with Crippen LogP contribution >= 0.6 is 0 Å². The standard InChI is InChI=1S/C14H16N2O/c15-7-6-12-3-1-5-14(9-12)17-11-13-4-2-8-16-10-13/h1-5,8-10H,6-7,11,15H2. The molecule has 0 aliphatic rings. The van der Waals surface area contributed by atoms with Crippen LogP contribution in [0.15, 0.2) is 48.8 Å². The zero-order valence-electron chi connectivity index (χ0n) is 9.67. The van der Waals surface area contributed by atoms with Crippen molar-refractivity contribution in [3.05, 3.63) is 59.9 Å². The molecule has 3 heteroatoms. The Morgan fingerprint density at radius 3 is 2.76 bits per heavy atom. The van der Waals surface area contributed by atoms with Gasteiger partial charge in [0.05, 0.1) is 0 Å². The van der Waals surface area contributed by atoms with Gasteiger partial charge in [0.1, 0.15) is 12.4 Å². The average molecular weight is 228 g/mol. The van der Waals surface area contributed by atoms with Crippen LogP contribution in [0.4, 0.5) is 0 Å². The summed E-state index contributed by atoms with van der Waals surface area (Å²) in [6, 6.07) is 11.9. The lowest BCUT2D eigenvalue weighted by atomic mass is 10.1. The molecule has 2 aromatic rings. The summed E-state index contributed by atoms with van der Waals surface area (Å²) < 4.78 is 5.70. The lowest BCUT2D eigenvalue weighted by Crippen LogP contribution is -2.03. The van der Waals surface area contributed by atoms with E-state index in [1.807, 2.05) is 36.5 Å². The van der Waals surface area contributed by atoms with Gasteiger partial charge in [-0.15, -0.1) is 0 Å². The molecule has 88 valence electrons. The number of ether oxygens (including phenoxy) is 1. The van der Waals surface area contributed by atoms with Crippen LogP contribution in [-0.2, 0) is 13.0 Å². The summed E-state index contributed by atoms with van der Waals surface area (Å²) in [5.41, 5.74) is 7.80. The Bertz CT molecular complexity index is 457. The number of hydrogen-bond acceptors (Lipinski definition) is 3. The Labute approximate surface area is 101 Å². The maximum Gasteiger partial charge on any atom is 0.120 e. The number of benzene rings is 1. The molecule has 0 atom stereocenters. The molecule has 1 aromatic carbocycles. The average Bonchev–Trinajstić information content (AvgIpc) is 2.39. The number of hydrogen-bond donors (Lipinski definition) is 1. The van der Waals surface area contributed by atoms with E-state index in [2.05, 4.69) is 11.1 Å². The fourth-order valence-electron chi connectivity index (χ4n) is 1.61. The molecule has 0 radical (unpaired) electrons. The van der Waals surface area contributed by atoms with E-state index in [1.54, 1.807) is 6.20 Å². The van der Waals surface area contributed by atoms with Crippen LogP contribution in [0.3, 0.4) is 0 Å². The molecule has 0 bridgehead atoms. The monoisotopic (exact) mass is 228 g/mol. The highest BCUT2D eigenvalue weighted by Gasteiger charge is 1.97. The zero-order valence-corrected chi connectivity index (χ0v) is 9.67. The maximum atomic E-state index is 5.70. The lowest BCUT2D eigenvalue weighted by Gasteiger charge is -2.07. The fraction of sp³-hybridized carbons (Fsp3) is 0.214. The predicted octanol–water partition coefficient (Wildman–Crippen LogP) is 2.16. The third kappa shape index (κ3) is 3.57. The summed E-state index contributed by atoms with van der Waals surface area (Å²) in [6.45, 7) is 1.20. The van der Waals surface area contributed by atoms with E-state index in [0.29, 0.717) is 13.2 Å². The lowest BCUT2D eigenvalue weighted by molar-refractivity contribution is 0.305. The van der Waals surface area contributed by atoms with Crippen molar-refractivity contribution in [1.82, 2.24) is 4.98 Å². The zero-order chi connectivity index (χ0) is 11.9. The minimum absolute atomic E-state index is 0.542. The molecule has 0 saturated heterocycles. The second-order valence-electron chi connectivity index (χ2n) is 3.84. The molecule has 2 N–H and O–H groups in total. The SMILES string of the molecule is NCCc1cccc(OCc2cccnc2)c1. The number of rotatable bonds is 5. The van der Waals surface area contributed by atoms with Crippen LogP contribution in [0, 0.1) is 0 Å². The van der Waals surface area contributed by atoms with E-state index in [0.717, 1.165) is 17.7 Å². The molecule has 0 unspecified atom stereocenters. The van der Waals surface area contributed by atoms with Crippen LogP contribution in [0.2, 0.25) is 0 Å². The van der Waals surface area contributed by atoms with Crippen LogP contribution in [0.5, 0.6) is 5.75 Å². The van der Waals surface area contributed by atoms with Crippen molar-refractivity contribution >= 4 is 0 Å². The topological polar surface area (TPSA) is 48.1 Å². The molecule has 1 aromatic heterocycles. The summed E-state index contributed by atoms with van der Waals surface area (Å²) in [5.74, 6) is 0.875. The molecular formula is C14H16N2O. The van der Waals surface area contributed by atoms with Gasteiger partial charge in [-0.05, 0) is 36.7 Å². The predicted molar refractivity (Wildman–Crippen MR) is 67.8 cm³/mol. The third-order valence-corrected chi connectivity index (χ3v) is 2.46. The smallest absolute Gasteiger partial charge is 0.120 e. The van der Waals surface area contributed by atoms with Crippen molar-refractivity contribution in [3.8, 4) is 5.75 Å². The number of pyridine rings is 1. The Morgan fingerprint density at radius 2 is 2.00 bits per heavy atom. The van der Waals surface area contributed by atoms with E-state index in [9.17, 15) is 0 Å². The highest BCUT2D eigenvalue weighted by Crippen LogP contribution is 2.15. The molecule has 0 aliphatic heterocycles. The Morgan fingerprint density at radius 1 is 1.12 bits per heavy atom. The molecule has 0 spiro atoms. The van der Waals surface area contributed by atoms with Gasteiger partial charge in [-0.1, -0.05) is 18.2 Å². The van der Waals surface area contributed by atoms with Crippen LogP contribution in [-0.4, -0.2) is 11.5 Å². The summed E-state index contributed by atoms with van der Waals surface area (Å²) in [7, 11) is 0. The summed E-state index contributed by atoms with van der Waals surface area (Å²) >= 11 is 0. The first-order valence-corrected chi connectivity index (χ1v) is 5.69. The molecule has 0 aliphatic carbocycles. The van der Waals surface area contributed by atoms with Crippen molar-refractivity contribution in [1.29, 1.82) is 0 Å². The Kier molecular flexibility index (Phi) is 4.11. The van der Waals surface area contributed by atoms with E-state index < -0.39 is 0 Å². The molecule has 2 rings (SSSR count). The van der Waals surface area contributed by atoms with E-state index in [-0.39, 0.29) is 0 Å². The number of aromatic nitrogens is 1. The van der Waals surface area contributed by atoms with Gasteiger partial charge in [0.2, 0.25) is 0 Å². The summed E-state index contributed by atoms with van der Waals surface area (Å²) in [4.78, 5) is 4.05. The van der Waals surface area contributed by atoms with Crippen LogP contribution < -0.4 is 10.5 Å². The van der Waals surface area contributed by atoms with Gasteiger partial charge in [-0.2, -0.15) is 0 Å². The second kappa shape index (κ2) is 6.01. The van der Waals surface area contributed by atoms with Crippen molar-refractivity contribution in [3.63, 3.8) is 0 Å². The third-order valence-electron chi connectivity index (χ3n) is 2.46. The first-order chi connectivity index (χ1) is 8.38. The number of nitrogens with two attached hydrogens (primary N) is 1. The first-order valence-electron chi connectivity index (χ1n) is 5.69. The van der Waals surface area contributed by atoms with Gasteiger partial charge in [-0.25, -0.2) is 0 Å². The minimum Gasteiger partial charge on any atom is -0.489 e. The first kappa shape index (κ1) is 11.6. The highest BCUT2D eigenvalue weighted by atomic mass is 16.5. The van der Waals surface area contributed by atoms with E-state index >= 15 is 0 Å².